The number of nitrogens with one attached hydrogen (secondary N) is 1. The summed E-state index contributed by atoms with van der Waals surface area (Å²) in [6.07, 6.45) is 5.55. The predicted octanol–water partition coefficient (Wildman–Crippen LogP) is 4.09. The van der Waals surface area contributed by atoms with Crippen molar-refractivity contribution in [2.75, 3.05) is 0 Å². The lowest BCUT2D eigenvalue weighted by molar-refractivity contribution is -0.128. The highest BCUT2D eigenvalue weighted by molar-refractivity contribution is 6.30. The Kier molecular flexibility index (Phi) is 6.35. The van der Waals surface area contributed by atoms with Gasteiger partial charge >= 0.3 is 0 Å². The minimum atomic E-state index is -0.0124. The molecule has 3 unspecified atom stereocenters. The molecule has 3 nitrogen and oxygen atoms in total. The second kappa shape index (κ2) is 7.87. The Morgan fingerprint density at radius 3 is 2.57 bits per heavy atom. The van der Waals surface area contributed by atoms with Gasteiger partial charge in [0.25, 0.3) is 0 Å². The molecule has 1 aromatic rings. The van der Waals surface area contributed by atoms with E-state index < -0.39 is 0 Å². The number of carbonyl (C=O) groups excluding carboxylic acids is 1. The summed E-state index contributed by atoms with van der Waals surface area (Å²) in [5, 5.41) is 3.86. The van der Waals surface area contributed by atoms with Crippen molar-refractivity contribution in [2.24, 2.45) is 23.5 Å². The van der Waals surface area contributed by atoms with Crippen LogP contribution in [0.4, 0.5) is 0 Å². The van der Waals surface area contributed by atoms with Gasteiger partial charge in [-0.1, -0.05) is 30.2 Å². The highest BCUT2D eigenvalue weighted by Crippen LogP contribution is 2.42. The van der Waals surface area contributed by atoms with Crippen LogP contribution in [0.25, 0.3) is 0 Å². The molecule has 0 heterocycles. The number of carbonyl (C=O) groups is 1. The molecule has 1 amide bonds. The summed E-state index contributed by atoms with van der Waals surface area (Å²) in [5.74, 6) is 1.36. The van der Waals surface area contributed by atoms with E-state index in [2.05, 4.69) is 5.32 Å². The van der Waals surface area contributed by atoms with Crippen LogP contribution in [0, 0.1) is 17.8 Å². The van der Waals surface area contributed by atoms with Crippen LogP contribution in [0.1, 0.15) is 50.6 Å². The van der Waals surface area contributed by atoms with Gasteiger partial charge in [0.05, 0.1) is 6.04 Å². The van der Waals surface area contributed by atoms with Gasteiger partial charge in [-0.3, -0.25) is 4.79 Å². The summed E-state index contributed by atoms with van der Waals surface area (Å²) >= 11 is 6.03. The van der Waals surface area contributed by atoms with Gasteiger partial charge in [-0.15, -0.1) is 12.4 Å². The van der Waals surface area contributed by atoms with Crippen LogP contribution in [0.3, 0.4) is 0 Å². The van der Waals surface area contributed by atoms with Gasteiger partial charge in [0.2, 0.25) is 5.91 Å². The van der Waals surface area contributed by atoms with Crippen molar-refractivity contribution in [3.63, 3.8) is 0 Å². The zero-order valence-corrected chi connectivity index (χ0v) is 15.1. The Balaban J connectivity index is 0.00000192. The number of benzene rings is 1. The zero-order valence-electron chi connectivity index (χ0n) is 13.5. The lowest BCUT2D eigenvalue weighted by Crippen LogP contribution is -2.49. The summed E-state index contributed by atoms with van der Waals surface area (Å²) in [4.78, 5) is 12.6. The topological polar surface area (TPSA) is 55.1 Å². The van der Waals surface area contributed by atoms with Crippen LogP contribution in [0.2, 0.25) is 5.02 Å². The fraction of sp³-hybridized carbons (Fsp3) is 0.611. The van der Waals surface area contributed by atoms with Crippen LogP contribution in [-0.4, -0.2) is 11.9 Å². The van der Waals surface area contributed by atoms with E-state index in [1.165, 1.54) is 19.3 Å². The molecular weight excluding hydrogens is 331 g/mol. The Morgan fingerprint density at radius 1 is 1.30 bits per heavy atom. The standard InChI is InChI=1S/C18H25ClN2O.ClH/c1-11(12-4-3-7-16(19)10-12)21-18(22)15-8-13-5-2-6-14(9-15)17(13)20;/h3-4,7,10-11,13-15,17H,2,5-6,8-9,20H2,1H3,(H,21,22);1H. The lowest BCUT2D eigenvalue weighted by atomic mass is 9.65. The molecule has 3 atom stereocenters. The van der Waals surface area contributed by atoms with Crippen molar-refractivity contribution in [2.45, 2.75) is 51.1 Å². The normalized spacial score (nSPS) is 30.9. The van der Waals surface area contributed by atoms with Gasteiger partial charge in [-0.05, 0) is 62.1 Å². The maximum atomic E-state index is 12.6. The average Bonchev–Trinajstić information content (AvgIpc) is 2.46. The third-order valence-electron chi connectivity index (χ3n) is 5.49. The number of hydrogen-bond acceptors (Lipinski definition) is 2. The molecule has 3 rings (SSSR count). The van der Waals surface area contributed by atoms with Crippen LogP contribution in [0.15, 0.2) is 24.3 Å². The largest absolute Gasteiger partial charge is 0.349 e. The van der Waals surface area contributed by atoms with E-state index in [9.17, 15) is 4.79 Å². The van der Waals surface area contributed by atoms with E-state index in [-0.39, 0.29) is 30.3 Å². The molecule has 2 aliphatic rings. The molecule has 2 saturated carbocycles. The summed E-state index contributed by atoms with van der Waals surface area (Å²) in [5.41, 5.74) is 7.36. The van der Waals surface area contributed by atoms with Gasteiger partial charge in [0.1, 0.15) is 0 Å². The van der Waals surface area contributed by atoms with E-state index >= 15 is 0 Å². The maximum Gasteiger partial charge on any atom is 0.223 e. The summed E-state index contributed by atoms with van der Waals surface area (Å²) in [7, 11) is 0. The maximum absolute atomic E-state index is 12.6. The van der Waals surface area contributed by atoms with Crippen LogP contribution < -0.4 is 11.1 Å². The highest BCUT2D eigenvalue weighted by Gasteiger charge is 2.40. The van der Waals surface area contributed by atoms with E-state index in [1.807, 2.05) is 31.2 Å². The molecule has 23 heavy (non-hydrogen) atoms. The first kappa shape index (κ1) is 18.6. The number of halogens is 2. The van der Waals surface area contributed by atoms with Crippen LogP contribution >= 0.6 is 24.0 Å². The van der Waals surface area contributed by atoms with Crippen molar-refractivity contribution in [3.05, 3.63) is 34.9 Å². The smallest absolute Gasteiger partial charge is 0.223 e. The van der Waals surface area contributed by atoms with E-state index in [1.54, 1.807) is 0 Å². The monoisotopic (exact) mass is 356 g/mol. The lowest BCUT2D eigenvalue weighted by Gasteiger charge is -2.43. The quantitative estimate of drug-likeness (QED) is 0.856. The predicted molar refractivity (Wildman–Crippen MR) is 96.8 cm³/mol. The number of amides is 1. The van der Waals surface area contributed by atoms with Crippen molar-refractivity contribution in [3.8, 4) is 0 Å². The van der Waals surface area contributed by atoms with E-state index in [0.717, 1.165) is 18.4 Å². The van der Waals surface area contributed by atoms with Crippen molar-refractivity contribution in [1.29, 1.82) is 0 Å². The Morgan fingerprint density at radius 2 is 1.96 bits per heavy atom. The molecule has 0 aliphatic heterocycles. The van der Waals surface area contributed by atoms with Gasteiger partial charge < -0.3 is 11.1 Å². The third-order valence-corrected chi connectivity index (χ3v) is 5.73. The first-order valence-corrected chi connectivity index (χ1v) is 8.74. The Labute approximate surface area is 149 Å². The molecule has 0 aromatic heterocycles. The molecule has 2 fully saturated rings. The van der Waals surface area contributed by atoms with Gasteiger partial charge in [-0.25, -0.2) is 0 Å². The van der Waals surface area contributed by atoms with E-state index in [0.29, 0.717) is 22.9 Å². The van der Waals surface area contributed by atoms with Crippen molar-refractivity contribution in [1.82, 2.24) is 5.32 Å². The van der Waals surface area contributed by atoms with Gasteiger partial charge in [-0.2, -0.15) is 0 Å². The molecule has 1 aromatic carbocycles. The van der Waals surface area contributed by atoms with Gasteiger partial charge in [0.15, 0.2) is 0 Å². The molecule has 0 saturated heterocycles. The molecular formula is C18H26Cl2N2O. The molecule has 2 bridgehead atoms. The first-order chi connectivity index (χ1) is 10.5. The number of rotatable bonds is 3. The molecule has 0 radical (unpaired) electrons. The SMILES string of the molecule is CC(NC(=O)C1CC2CCCC(C1)C2N)c1cccc(Cl)c1.Cl. The third kappa shape index (κ3) is 4.20. The summed E-state index contributed by atoms with van der Waals surface area (Å²) in [6, 6.07) is 7.98. The second-order valence-corrected chi connectivity index (χ2v) is 7.42. The van der Waals surface area contributed by atoms with Gasteiger partial charge in [0, 0.05) is 17.0 Å². The summed E-state index contributed by atoms with van der Waals surface area (Å²) in [6.45, 7) is 2.01. The summed E-state index contributed by atoms with van der Waals surface area (Å²) < 4.78 is 0. The average molecular weight is 357 g/mol. The van der Waals surface area contributed by atoms with Crippen LogP contribution in [-0.2, 0) is 4.79 Å². The minimum Gasteiger partial charge on any atom is -0.349 e. The Hall–Kier alpha value is -0.770. The highest BCUT2D eigenvalue weighted by atomic mass is 35.5. The second-order valence-electron chi connectivity index (χ2n) is 6.98. The zero-order chi connectivity index (χ0) is 15.7. The fourth-order valence-electron chi connectivity index (χ4n) is 4.19. The number of nitrogens with two attached hydrogens (primary N) is 1. The van der Waals surface area contributed by atoms with Crippen molar-refractivity contribution < 1.29 is 4.79 Å². The minimum absolute atomic E-state index is 0. The molecule has 128 valence electrons. The number of fused-ring (bicyclic) bond motifs is 2. The first-order valence-electron chi connectivity index (χ1n) is 8.36. The van der Waals surface area contributed by atoms with E-state index in [4.69, 9.17) is 17.3 Å². The van der Waals surface area contributed by atoms with Crippen LogP contribution in [0.5, 0.6) is 0 Å². The molecule has 3 N–H and O–H groups in total. The molecule has 2 aliphatic carbocycles. The Bertz CT molecular complexity index is 538. The van der Waals surface area contributed by atoms with Crippen molar-refractivity contribution >= 4 is 29.9 Å². The molecule has 0 spiro atoms. The molecule has 5 heteroatoms. The number of hydrogen-bond donors (Lipinski definition) is 2. The fourth-order valence-corrected chi connectivity index (χ4v) is 4.39.